The molecule has 0 aliphatic carbocycles. The second-order valence-corrected chi connectivity index (χ2v) is 7.58. The second kappa shape index (κ2) is 10.2. The normalized spacial score (nSPS) is 25.3. The van der Waals surface area contributed by atoms with Crippen LogP contribution in [0.25, 0.3) is 0 Å². The zero-order chi connectivity index (χ0) is 20.8. The summed E-state index contributed by atoms with van der Waals surface area (Å²) in [5.41, 5.74) is 6.74. The zero-order valence-corrected chi connectivity index (χ0v) is 17.9. The molecule has 1 saturated heterocycles. The van der Waals surface area contributed by atoms with Crippen LogP contribution in [0.2, 0.25) is 0 Å². The molecule has 0 radical (unpaired) electrons. The number of likely N-dealkylation sites (N-methyl/N-ethyl adjacent to an activating group) is 1. The number of anilines is 2. The SMILES string of the molecule is CCC/C=C/N(c1ncnc(N)c1C)[C@@H]1O[C@H](CN(C)C(C)C)[C@@H](OC)[C@H]1O. The minimum atomic E-state index is -0.836. The van der Waals surface area contributed by atoms with Crippen molar-refractivity contribution in [3.63, 3.8) is 0 Å². The molecule has 0 saturated carbocycles. The van der Waals surface area contributed by atoms with Gasteiger partial charge in [-0.2, -0.15) is 0 Å². The summed E-state index contributed by atoms with van der Waals surface area (Å²) in [7, 11) is 3.64. The van der Waals surface area contributed by atoms with Gasteiger partial charge in [-0.05, 0) is 34.2 Å². The van der Waals surface area contributed by atoms with Crippen LogP contribution in [0.4, 0.5) is 11.6 Å². The summed E-state index contributed by atoms with van der Waals surface area (Å²) in [5.74, 6) is 1.03. The molecule has 2 rings (SSSR count). The van der Waals surface area contributed by atoms with Crippen LogP contribution in [0.1, 0.15) is 39.2 Å². The molecule has 8 nitrogen and oxygen atoms in total. The predicted molar refractivity (Wildman–Crippen MR) is 111 cm³/mol. The maximum atomic E-state index is 11.0. The van der Waals surface area contributed by atoms with Crippen molar-refractivity contribution in [1.29, 1.82) is 0 Å². The average molecular weight is 394 g/mol. The Bertz CT molecular complexity index is 655. The van der Waals surface area contributed by atoms with Crippen LogP contribution in [0.5, 0.6) is 0 Å². The summed E-state index contributed by atoms with van der Waals surface area (Å²) in [6.07, 6.45) is 5.15. The number of unbranched alkanes of at least 4 members (excludes halogenated alkanes) is 1. The van der Waals surface area contributed by atoms with E-state index in [0.717, 1.165) is 18.4 Å². The number of ether oxygens (including phenoxy) is 2. The van der Waals surface area contributed by atoms with E-state index in [1.165, 1.54) is 6.33 Å². The van der Waals surface area contributed by atoms with Crippen molar-refractivity contribution in [1.82, 2.24) is 14.9 Å². The van der Waals surface area contributed by atoms with Gasteiger partial charge in [-0.3, -0.25) is 0 Å². The van der Waals surface area contributed by atoms with E-state index in [-0.39, 0.29) is 6.10 Å². The Kier molecular flexibility index (Phi) is 8.18. The van der Waals surface area contributed by atoms with E-state index in [0.29, 0.717) is 24.2 Å². The van der Waals surface area contributed by atoms with E-state index in [1.54, 1.807) is 7.11 Å². The van der Waals surface area contributed by atoms with Crippen molar-refractivity contribution in [2.45, 2.75) is 71.1 Å². The lowest BCUT2D eigenvalue weighted by Crippen LogP contribution is -2.43. The van der Waals surface area contributed by atoms with Gasteiger partial charge in [0.25, 0.3) is 0 Å². The van der Waals surface area contributed by atoms with E-state index in [9.17, 15) is 5.11 Å². The molecule has 3 N–H and O–H groups in total. The van der Waals surface area contributed by atoms with Crippen molar-refractivity contribution < 1.29 is 14.6 Å². The standard InChI is InChI=1S/C20H35N5O3/c1-7-8-9-10-25(19-14(4)18(21)22-12-23-19)20-16(26)17(27-6)15(28-20)11-24(5)13(2)3/h9-10,12-13,15-17,20,26H,7-8,11H2,1-6H3,(H2,21,22,23)/b10-9+/t15-,16-,17-,20-/m1/s1. The number of hydrogen-bond donors (Lipinski definition) is 2. The lowest BCUT2D eigenvalue weighted by Gasteiger charge is -2.30. The van der Waals surface area contributed by atoms with Gasteiger partial charge in [0.2, 0.25) is 0 Å². The van der Waals surface area contributed by atoms with Crippen LogP contribution >= 0.6 is 0 Å². The first kappa shape index (κ1) is 22.5. The Balaban J connectivity index is 2.35. The zero-order valence-electron chi connectivity index (χ0n) is 17.9. The first-order valence-corrected chi connectivity index (χ1v) is 9.90. The van der Waals surface area contributed by atoms with Crippen molar-refractivity contribution in [3.05, 3.63) is 24.2 Å². The van der Waals surface area contributed by atoms with Crippen molar-refractivity contribution in [2.24, 2.45) is 0 Å². The van der Waals surface area contributed by atoms with Gasteiger partial charge in [0.05, 0.1) is 0 Å². The van der Waals surface area contributed by atoms with Gasteiger partial charge >= 0.3 is 0 Å². The number of methoxy groups -OCH3 is 1. The fourth-order valence-electron chi connectivity index (χ4n) is 3.23. The van der Waals surface area contributed by atoms with Crippen molar-refractivity contribution in [3.8, 4) is 0 Å². The van der Waals surface area contributed by atoms with Crippen LogP contribution in [0.3, 0.4) is 0 Å². The third-order valence-electron chi connectivity index (χ3n) is 5.27. The fourth-order valence-corrected chi connectivity index (χ4v) is 3.23. The quantitative estimate of drug-likeness (QED) is 0.657. The summed E-state index contributed by atoms with van der Waals surface area (Å²) in [6.45, 7) is 8.88. The molecule has 0 unspecified atom stereocenters. The molecular formula is C20H35N5O3. The molecule has 1 fully saturated rings. The molecule has 0 aromatic carbocycles. The van der Waals surface area contributed by atoms with E-state index < -0.39 is 18.4 Å². The summed E-state index contributed by atoms with van der Waals surface area (Å²) < 4.78 is 11.9. The Morgan fingerprint density at radius 2 is 2.11 bits per heavy atom. The number of aromatic nitrogens is 2. The molecule has 0 amide bonds. The van der Waals surface area contributed by atoms with E-state index in [4.69, 9.17) is 15.2 Å². The molecule has 158 valence electrons. The molecule has 0 spiro atoms. The molecule has 2 heterocycles. The van der Waals surface area contributed by atoms with Crippen LogP contribution in [-0.2, 0) is 9.47 Å². The molecule has 1 aromatic heterocycles. The lowest BCUT2D eigenvalue weighted by atomic mass is 10.1. The van der Waals surface area contributed by atoms with Gasteiger partial charge in [0.1, 0.15) is 36.3 Å². The Labute approximate surface area is 168 Å². The van der Waals surface area contributed by atoms with Gasteiger partial charge in [0, 0.05) is 31.5 Å². The van der Waals surface area contributed by atoms with Gasteiger partial charge < -0.3 is 30.1 Å². The van der Waals surface area contributed by atoms with Crippen LogP contribution in [-0.4, -0.2) is 71.3 Å². The third-order valence-corrected chi connectivity index (χ3v) is 5.27. The lowest BCUT2D eigenvalue weighted by molar-refractivity contribution is -0.0259. The van der Waals surface area contributed by atoms with E-state index in [1.807, 2.05) is 31.1 Å². The van der Waals surface area contributed by atoms with Crippen molar-refractivity contribution in [2.75, 3.05) is 31.3 Å². The average Bonchev–Trinajstić information content (AvgIpc) is 2.96. The molecule has 4 atom stereocenters. The highest BCUT2D eigenvalue weighted by Crippen LogP contribution is 2.32. The van der Waals surface area contributed by atoms with Crippen LogP contribution < -0.4 is 10.6 Å². The molecule has 1 aliphatic heterocycles. The van der Waals surface area contributed by atoms with Gasteiger partial charge in [-0.25, -0.2) is 9.97 Å². The number of nitrogen functional groups attached to an aromatic ring is 1. The molecular weight excluding hydrogens is 358 g/mol. The van der Waals surface area contributed by atoms with Gasteiger partial charge in [-0.15, -0.1) is 0 Å². The number of nitrogens with zero attached hydrogens (tertiary/aromatic N) is 4. The summed E-state index contributed by atoms with van der Waals surface area (Å²) in [5, 5.41) is 11.0. The Hall–Kier alpha value is -1.74. The maximum Gasteiger partial charge on any atom is 0.164 e. The van der Waals surface area contributed by atoms with E-state index >= 15 is 0 Å². The molecule has 28 heavy (non-hydrogen) atoms. The molecule has 0 bridgehead atoms. The number of rotatable bonds is 9. The Morgan fingerprint density at radius 1 is 1.39 bits per heavy atom. The summed E-state index contributed by atoms with van der Waals surface area (Å²) in [6, 6.07) is 0.363. The number of hydrogen-bond acceptors (Lipinski definition) is 8. The van der Waals surface area contributed by atoms with Crippen LogP contribution in [0, 0.1) is 6.92 Å². The summed E-state index contributed by atoms with van der Waals surface area (Å²) >= 11 is 0. The van der Waals surface area contributed by atoms with Gasteiger partial charge in [-0.1, -0.05) is 19.4 Å². The number of nitrogens with two attached hydrogens (primary N) is 1. The molecule has 8 heteroatoms. The minimum absolute atomic E-state index is 0.265. The largest absolute Gasteiger partial charge is 0.386 e. The third kappa shape index (κ3) is 5.00. The Morgan fingerprint density at radius 3 is 2.71 bits per heavy atom. The molecule has 1 aliphatic rings. The fraction of sp³-hybridized carbons (Fsp3) is 0.700. The smallest absolute Gasteiger partial charge is 0.164 e. The van der Waals surface area contributed by atoms with E-state index in [2.05, 4.69) is 35.6 Å². The van der Waals surface area contributed by atoms with Gasteiger partial charge in [0.15, 0.2) is 6.23 Å². The minimum Gasteiger partial charge on any atom is -0.386 e. The first-order valence-electron chi connectivity index (χ1n) is 9.90. The highest BCUT2D eigenvalue weighted by Gasteiger charge is 2.47. The first-order chi connectivity index (χ1) is 13.3. The number of allylic oxidation sites excluding steroid dienone is 1. The maximum absolute atomic E-state index is 11.0. The molecule has 1 aromatic rings. The van der Waals surface area contributed by atoms with Crippen molar-refractivity contribution >= 4 is 11.6 Å². The second-order valence-electron chi connectivity index (χ2n) is 7.58. The summed E-state index contributed by atoms with van der Waals surface area (Å²) in [4.78, 5) is 12.5. The highest BCUT2D eigenvalue weighted by molar-refractivity contribution is 5.58. The van der Waals surface area contributed by atoms with Crippen LogP contribution in [0.15, 0.2) is 18.6 Å². The number of aliphatic hydroxyl groups is 1. The monoisotopic (exact) mass is 393 g/mol. The highest BCUT2D eigenvalue weighted by atomic mass is 16.6. The predicted octanol–water partition coefficient (Wildman–Crippen LogP) is 1.93. The number of aliphatic hydroxyl groups excluding tert-OH is 1. The topological polar surface area (TPSA) is 97.0 Å².